The zero-order valence-corrected chi connectivity index (χ0v) is 10.9. The van der Waals surface area contributed by atoms with Crippen LogP contribution in [-0.2, 0) is 0 Å². The molecule has 0 spiro atoms. The van der Waals surface area contributed by atoms with E-state index in [1.165, 1.54) is 18.2 Å². The third-order valence-electron chi connectivity index (χ3n) is 2.82. The van der Waals surface area contributed by atoms with Crippen molar-refractivity contribution in [1.29, 1.82) is 0 Å². The molecule has 2 rings (SSSR count). The van der Waals surface area contributed by atoms with Crippen molar-refractivity contribution in [3.05, 3.63) is 43.6 Å². The molecule has 1 aliphatic heterocycles. The molecule has 1 heterocycles. The maximum Gasteiger partial charge on any atom is 0.280 e. The van der Waals surface area contributed by atoms with Crippen molar-refractivity contribution in [3.63, 3.8) is 0 Å². The first-order valence-electron chi connectivity index (χ1n) is 5.84. The molecule has 0 fully saturated rings. The molecular weight excluding hydrogens is 268 g/mol. The van der Waals surface area contributed by atoms with Gasteiger partial charge in [-0.3, -0.25) is 20.2 Å². The van der Waals surface area contributed by atoms with E-state index in [-0.39, 0.29) is 35.4 Å². The lowest BCUT2D eigenvalue weighted by Gasteiger charge is -2.04. The zero-order chi connectivity index (χ0) is 14.9. The van der Waals surface area contributed by atoms with E-state index < -0.39 is 9.85 Å². The van der Waals surface area contributed by atoms with Gasteiger partial charge >= 0.3 is 0 Å². The second kappa shape index (κ2) is 5.16. The van der Waals surface area contributed by atoms with Crippen molar-refractivity contribution in [3.8, 4) is 11.5 Å². The van der Waals surface area contributed by atoms with Crippen molar-refractivity contribution >= 4 is 11.8 Å². The Bertz CT molecular complexity index is 608. The van der Waals surface area contributed by atoms with Crippen LogP contribution in [0.2, 0.25) is 0 Å². The number of nitro groups is 2. The van der Waals surface area contributed by atoms with Gasteiger partial charge in [-0.25, -0.2) is 0 Å². The number of allylic oxidation sites excluding steroid dienone is 1. The summed E-state index contributed by atoms with van der Waals surface area (Å²) in [5, 5.41) is 22.0. The minimum atomic E-state index is -0.605. The highest BCUT2D eigenvalue weighted by molar-refractivity contribution is 5.67. The normalized spacial score (nSPS) is 13.7. The minimum Gasteiger partial charge on any atom is -0.454 e. The van der Waals surface area contributed by atoms with Gasteiger partial charge in [0.15, 0.2) is 11.5 Å². The molecule has 0 amide bonds. The van der Waals surface area contributed by atoms with E-state index in [2.05, 4.69) is 0 Å². The highest BCUT2D eigenvalue weighted by atomic mass is 16.7. The smallest absolute Gasteiger partial charge is 0.280 e. The summed E-state index contributed by atoms with van der Waals surface area (Å²) in [4.78, 5) is 20.9. The number of fused-ring (bicyclic) bond motifs is 1. The summed E-state index contributed by atoms with van der Waals surface area (Å²) in [6, 6.07) is 2.60. The summed E-state index contributed by atoms with van der Waals surface area (Å²) < 4.78 is 10.2. The topological polar surface area (TPSA) is 105 Å². The second-order valence-corrected chi connectivity index (χ2v) is 4.50. The van der Waals surface area contributed by atoms with E-state index in [1.54, 1.807) is 13.8 Å². The number of hydrogen-bond donors (Lipinski definition) is 0. The van der Waals surface area contributed by atoms with E-state index in [1.807, 2.05) is 0 Å². The maximum atomic E-state index is 11.1. The van der Waals surface area contributed by atoms with E-state index in [0.717, 1.165) is 0 Å². The molecule has 0 aromatic heterocycles. The van der Waals surface area contributed by atoms with Crippen LogP contribution in [0.3, 0.4) is 0 Å². The molecule has 0 N–H and O–H groups in total. The standard InChI is InChI=1S/C12H12N2O6/c1-7(2)9(13(15)16)3-8-4-11-12(20-6-19-11)5-10(8)14(17)18/h3-5,7H,6H2,1-2H3/b9-3-. The SMILES string of the molecule is CC(C)/C(=C/c1cc2c(cc1[N+](=O)[O-])OCO2)[N+](=O)[O-]. The molecule has 0 radical (unpaired) electrons. The summed E-state index contributed by atoms with van der Waals surface area (Å²) in [5.74, 6) is 0.240. The molecule has 0 aliphatic carbocycles. The molecule has 8 heteroatoms. The summed E-state index contributed by atoms with van der Waals surface area (Å²) in [6.45, 7) is 3.27. The van der Waals surface area contributed by atoms with Gasteiger partial charge in [-0.15, -0.1) is 0 Å². The molecule has 0 saturated carbocycles. The fourth-order valence-corrected chi connectivity index (χ4v) is 1.81. The predicted molar refractivity (Wildman–Crippen MR) is 69.0 cm³/mol. The quantitative estimate of drug-likeness (QED) is 0.620. The Hall–Kier alpha value is -2.64. The number of nitro benzene ring substituents is 1. The monoisotopic (exact) mass is 280 g/mol. The Balaban J connectivity index is 2.58. The lowest BCUT2D eigenvalue weighted by atomic mass is 10.1. The first-order chi connectivity index (χ1) is 9.40. The fraction of sp³-hybridized carbons (Fsp3) is 0.333. The van der Waals surface area contributed by atoms with Crippen LogP contribution >= 0.6 is 0 Å². The lowest BCUT2D eigenvalue weighted by molar-refractivity contribution is -0.431. The van der Waals surface area contributed by atoms with E-state index >= 15 is 0 Å². The number of hydrogen-bond acceptors (Lipinski definition) is 6. The Kier molecular flexibility index (Phi) is 3.55. The Morgan fingerprint density at radius 2 is 1.85 bits per heavy atom. The van der Waals surface area contributed by atoms with Gasteiger partial charge in [-0.2, -0.15) is 0 Å². The molecule has 1 aliphatic rings. The van der Waals surface area contributed by atoms with Gasteiger partial charge in [0.2, 0.25) is 12.5 Å². The van der Waals surface area contributed by atoms with E-state index in [0.29, 0.717) is 5.75 Å². The zero-order valence-electron chi connectivity index (χ0n) is 10.9. The molecule has 8 nitrogen and oxygen atoms in total. The first-order valence-corrected chi connectivity index (χ1v) is 5.84. The van der Waals surface area contributed by atoms with Gasteiger partial charge in [0, 0.05) is 12.0 Å². The molecule has 0 bridgehead atoms. The second-order valence-electron chi connectivity index (χ2n) is 4.50. The Morgan fingerprint density at radius 3 is 2.35 bits per heavy atom. The average molecular weight is 280 g/mol. The van der Waals surface area contributed by atoms with Gasteiger partial charge in [-0.05, 0) is 6.07 Å². The Labute approximate surface area is 113 Å². The van der Waals surface area contributed by atoms with Crippen molar-refractivity contribution in [1.82, 2.24) is 0 Å². The van der Waals surface area contributed by atoms with Crippen LogP contribution < -0.4 is 9.47 Å². The first kappa shape index (κ1) is 13.8. The largest absolute Gasteiger partial charge is 0.454 e. The summed E-state index contributed by atoms with van der Waals surface area (Å²) in [5.41, 5.74) is -0.235. The predicted octanol–water partition coefficient (Wildman–Crippen LogP) is 2.60. The van der Waals surface area contributed by atoms with Crippen LogP contribution in [0.25, 0.3) is 6.08 Å². The lowest BCUT2D eigenvalue weighted by Crippen LogP contribution is -2.05. The molecule has 1 aromatic carbocycles. The van der Waals surface area contributed by atoms with Gasteiger partial charge < -0.3 is 9.47 Å². The molecule has 0 atom stereocenters. The van der Waals surface area contributed by atoms with Crippen LogP contribution in [-0.4, -0.2) is 16.6 Å². The van der Waals surface area contributed by atoms with Gasteiger partial charge in [0.1, 0.15) is 0 Å². The molecule has 0 saturated heterocycles. The third kappa shape index (κ3) is 2.53. The molecular formula is C12H12N2O6. The number of ether oxygens (including phenoxy) is 2. The highest BCUT2D eigenvalue weighted by Crippen LogP contribution is 2.39. The van der Waals surface area contributed by atoms with Crippen LogP contribution in [0.1, 0.15) is 19.4 Å². The van der Waals surface area contributed by atoms with Crippen molar-refractivity contribution in [2.24, 2.45) is 5.92 Å². The van der Waals surface area contributed by atoms with Crippen LogP contribution in [0, 0.1) is 26.1 Å². The van der Waals surface area contributed by atoms with Gasteiger partial charge in [0.05, 0.1) is 21.5 Å². The third-order valence-corrected chi connectivity index (χ3v) is 2.82. The summed E-state index contributed by atoms with van der Waals surface area (Å²) in [6.07, 6.45) is 1.20. The average Bonchev–Trinajstić information content (AvgIpc) is 2.80. The highest BCUT2D eigenvalue weighted by Gasteiger charge is 2.25. The molecule has 106 valence electrons. The molecule has 1 aromatic rings. The van der Waals surface area contributed by atoms with Crippen molar-refractivity contribution in [2.45, 2.75) is 13.8 Å². The van der Waals surface area contributed by atoms with E-state index in [4.69, 9.17) is 9.47 Å². The molecule has 0 unspecified atom stereocenters. The summed E-state index contributed by atoms with van der Waals surface area (Å²) in [7, 11) is 0. The van der Waals surface area contributed by atoms with E-state index in [9.17, 15) is 20.2 Å². The number of benzene rings is 1. The van der Waals surface area contributed by atoms with Crippen LogP contribution in [0.4, 0.5) is 5.69 Å². The molecule has 20 heavy (non-hydrogen) atoms. The van der Waals surface area contributed by atoms with Crippen LogP contribution in [0.5, 0.6) is 11.5 Å². The Morgan fingerprint density at radius 1 is 1.25 bits per heavy atom. The van der Waals surface area contributed by atoms with Crippen LogP contribution in [0.15, 0.2) is 17.8 Å². The fourth-order valence-electron chi connectivity index (χ4n) is 1.81. The minimum absolute atomic E-state index is 0.0219. The summed E-state index contributed by atoms with van der Waals surface area (Å²) >= 11 is 0. The number of nitrogens with zero attached hydrogens (tertiary/aromatic N) is 2. The van der Waals surface area contributed by atoms with Crippen molar-refractivity contribution < 1.29 is 19.3 Å². The number of rotatable bonds is 4. The van der Waals surface area contributed by atoms with Gasteiger partial charge in [-0.1, -0.05) is 13.8 Å². The van der Waals surface area contributed by atoms with Crippen molar-refractivity contribution in [2.75, 3.05) is 6.79 Å². The maximum absolute atomic E-state index is 11.1. The van der Waals surface area contributed by atoms with Gasteiger partial charge in [0.25, 0.3) is 5.69 Å².